The number of aliphatic hydroxyl groups is 2. The van der Waals surface area contributed by atoms with E-state index < -0.39 is 0 Å². The third-order valence-electron chi connectivity index (χ3n) is 5.30. The van der Waals surface area contributed by atoms with Gasteiger partial charge in [0.25, 0.3) is 0 Å². The number of hydrogen-bond donors (Lipinski definition) is 2. The van der Waals surface area contributed by atoms with Gasteiger partial charge in [-0.2, -0.15) is 0 Å². The van der Waals surface area contributed by atoms with Gasteiger partial charge in [0.05, 0.1) is 41.4 Å². The van der Waals surface area contributed by atoms with Crippen LogP contribution in [-0.4, -0.2) is 98.3 Å². The molecule has 0 amide bonds. The number of hydrogen-bond acceptors (Lipinski definition) is 4. The SMILES string of the molecule is C[N+](C)(CCO)CC(=O)c1ccc(-c2ccc(C(=O)C[N+](C)(C)CCO)cc2)cc1.[Br-]. The lowest BCUT2D eigenvalue weighted by molar-refractivity contribution is -0.882. The van der Waals surface area contributed by atoms with E-state index in [4.69, 9.17) is 10.2 Å². The molecular formula is C24H34BrN2O4+. The van der Waals surface area contributed by atoms with E-state index in [9.17, 15) is 9.59 Å². The van der Waals surface area contributed by atoms with Crippen LogP contribution in [0.15, 0.2) is 48.5 Å². The number of rotatable bonds is 11. The summed E-state index contributed by atoms with van der Waals surface area (Å²) in [5.41, 5.74) is 3.26. The molecule has 0 saturated heterocycles. The standard InChI is InChI=1S/C24H34N2O4.BrH/c1-25(2,13-15-27)17-23(29)21-9-5-19(6-10-21)20-7-11-22(12-8-20)24(30)18-26(3,4)14-16-28;/h5-12,27-28H,13-18H2,1-4H3;1H/q+2;/p-1. The summed E-state index contributed by atoms with van der Waals surface area (Å²) >= 11 is 0. The summed E-state index contributed by atoms with van der Waals surface area (Å²) in [5.74, 6) is 0.0918. The number of ketones is 2. The second kappa shape index (κ2) is 11.6. The van der Waals surface area contributed by atoms with Gasteiger partial charge in [-0.05, 0) is 11.1 Å². The molecule has 2 aromatic rings. The smallest absolute Gasteiger partial charge is 0.216 e. The van der Waals surface area contributed by atoms with Crippen molar-refractivity contribution < 1.29 is 45.7 Å². The van der Waals surface area contributed by atoms with Crippen LogP contribution in [0.1, 0.15) is 20.7 Å². The summed E-state index contributed by atoms with van der Waals surface area (Å²) in [6, 6.07) is 15.0. The first-order valence-electron chi connectivity index (χ1n) is 10.2. The van der Waals surface area contributed by atoms with E-state index in [2.05, 4.69) is 0 Å². The molecule has 170 valence electrons. The molecule has 0 aliphatic rings. The van der Waals surface area contributed by atoms with Crippen LogP contribution in [0.5, 0.6) is 0 Å². The van der Waals surface area contributed by atoms with Crippen LogP contribution in [0, 0.1) is 0 Å². The van der Waals surface area contributed by atoms with Crippen LogP contribution < -0.4 is 17.0 Å². The Hall–Kier alpha value is -1.90. The molecule has 2 aromatic carbocycles. The molecule has 0 saturated carbocycles. The van der Waals surface area contributed by atoms with E-state index >= 15 is 0 Å². The highest BCUT2D eigenvalue weighted by Crippen LogP contribution is 2.21. The van der Waals surface area contributed by atoms with Gasteiger partial charge in [-0.15, -0.1) is 0 Å². The summed E-state index contributed by atoms with van der Waals surface area (Å²) in [6.45, 7) is 1.84. The largest absolute Gasteiger partial charge is 1.00 e. The summed E-state index contributed by atoms with van der Waals surface area (Å²) in [5, 5.41) is 18.2. The molecule has 6 nitrogen and oxygen atoms in total. The first kappa shape index (κ1) is 27.1. The summed E-state index contributed by atoms with van der Waals surface area (Å²) in [4.78, 5) is 25.0. The first-order valence-corrected chi connectivity index (χ1v) is 10.2. The van der Waals surface area contributed by atoms with Crippen LogP contribution in [0.2, 0.25) is 0 Å². The lowest BCUT2D eigenvalue weighted by Crippen LogP contribution is -3.00. The van der Waals surface area contributed by atoms with Crippen LogP contribution in [0.25, 0.3) is 11.1 Å². The Bertz CT molecular complexity index is 789. The maximum Gasteiger partial charge on any atom is 0.216 e. The highest BCUT2D eigenvalue weighted by molar-refractivity contribution is 5.98. The van der Waals surface area contributed by atoms with Gasteiger partial charge >= 0.3 is 0 Å². The average Bonchev–Trinajstić information content (AvgIpc) is 2.67. The predicted octanol–water partition coefficient (Wildman–Crippen LogP) is -1.14. The van der Waals surface area contributed by atoms with Crippen molar-refractivity contribution in [2.75, 3.05) is 67.6 Å². The second-order valence-corrected chi connectivity index (χ2v) is 9.08. The van der Waals surface area contributed by atoms with Crippen LogP contribution in [0.3, 0.4) is 0 Å². The normalized spacial score (nSPS) is 11.7. The van der Waals surface area contributed by atoms with Crippen molar-refractivity contribution in [2.45, 2.75) is 0 Å². The average molecular weight is 494 g/mol. The molecule has 2 rings (SSSR count). The van der Waals surface area contributed by atoms with Gasteiger partial charge in [0.1, 0.15) is 26.2 Å². The van der Waals surface area contributed by atoms with Gasteiger partial charge < -0.3 is 36.2 Å². The van der Waals surface area contributed by atoms with Crippen molar-refractivity contribution in [1.29, 1.82) is 0 Å². The maximum atomic E-state index is 12.5. The minimum Gasteiger partial charge on any atom is -1.00 e. The zero-order valence-electron chi connectivity index (χ0n) is 18.8. The fourth-order valence-electron chi connectivity index (χ4n) is 3.36. The van der Waals surface area contributed by atoms with Gasteiger partial charge in [-0.1, -0.05) is 48.5 Å². The molecule has 0 aromatic heterocycles. The van der Waals surface area contributed by atoms with E-state index in [0.717, 1.165) is 11.1 Å². The summed E-state index contributed by atoms with van der Waals surface area (Å²) < 4.78 is 0.890. The molecule has 0 bridgehead atoms. The van der Waals surface area contributed by atoms with E-state index in [1.165, 1.54) is 0 Å². The number of carbonyl (C=O) groups excluding carboxylic acids is 2. The highest BCUT2D eigenvalue weighted by Gasteiger charge is 2.21. The predicted molar refractivity (Wildman–Crippen MR) is 118 cm³/mol. The monoisotopic (exact) mass is 493 g/mol. The van der Waals surface area contributed by atoms with E-state index in [1.807, 2.05) is 76.7 Å². The van der Waals surface area contributed by atoms with Crippen molar-refractivity contribution in [2.24, 2.45) is 0 Å². The molecule has 0 aliphatic carbocycles. The molecule has 0 unspecified atom stereocenters. The molecule has 0 fully saturated rings. The molecule has 31 heavy (non-hydrogen) atoms. The van der Waals surface area contributed by atoms with E-state index in [1.54, 1.807) is 0 Å². The third kappa shape index (κ3) is 8.27. The van der Waals surface area contributed by atoms with Crippen molar-refractivity contribution >= 4 is 11.6 Å². The third-order valence-corrected chi connectivity index (χ3v) is 5.30. The molecule has 0 aliphatic heterocycles. The lowest BCUT2D eigenvalue weighted by Gasteiger charge is -2.28. The Balaban J connectivity index is 0.00000480. The number of Topliss-reactive ketones (excluding diaryl/α,β-unsaturated/α-hetero) is 2. The minimum absolute atomic E-state index is 0. The number of halogens is 1. The van der Waals surface area contributed by atoms with Gasteiger partial charge in [-0.25, -0.2) is 0 Å². The van der Waals surface area contributed by atoms with Crippen molar-refractivity contribution in [1.82, 2.24) is 0 Å². The zero-order chi connectivity index (χ0) is 22.4. The van der Waals surface area contributed by atoms with Crippen LogP contribution in [0.4, 0.5) is 0 Å². The molecule has 0 atom stereocenters. The van der Waals surface area contributed by atoms with Crippen molar-refractivity contribution in [3.05, 3.63) is 59.7 Å². The van der Waals surface area contributed by atoms with Gasteiger partial charge in [0.15, 0.2) is 0 Å². The Kier molecular flexibility index (Phi) is 10.2. The van der Waals surface area contributed by atoms with Crippen LogP contribution >= 0.6 is 0 Å². The Labute approximate surface area is 195 Å². The summed E-state index contributed by atoms with van der Waals surface area (Å²) in [7, 11) is 7.70. The molecule has 0 spiro atoms. The maximum absolute atomic E-state index is 12.5. The van der Waals surface area contributed by atoms with E-state index in [-0.39, 0.29) is 41.8 Å². The Morgan fingerprint density at radius 1 is 0.645 bits per heavy atom. The zero-order valence-corrected chi connectivity index (χ0v) is 20.4. The Morgan fingerprint density at radius 2 is 0.935 bits per heavy atom. The first-order chi connectivity index (χ1) is 14.1. The van der Waals surface area contributed by atoms with E-state index in [0.29, 0.717) is 46.3 Å². The quantitative estimate of drug-likeness (QED) is 0.306. The molecule has 2 N–H and O–H groups in total. The molecule has 7 heteroatoms. The minimum atomic E-state index is 0. The number of benzene rings is 2. The number of likely N-dealkylation sites (N-methyl/N-ethyl adjacent to an activating group) is 2. The molecular weight excluding hydrogens is 460 g/mol. The van der Waals surface area contributed by atoms with Crippen molar-refractivity contribution in [3.63, 3.8) is 0 Å². The van der Waals surface area contributed by atoms with Crippen molar-refractivity contribution in [3.8, 4) is 11.1 Å². The number of carbonyl (C=O) groups is 2. The topological polar surface area (TPSA) is 74.6 Å². The molecule has 0 heterocycles. The summed E-state index contributed by atoms with van der Waals surface area (Å²) in [6.07, 6.45) is 0. The Morgan fingerprint density at radius 3 is 1.19 bits per heavy atom. The van der Waals surface area contributed by atoms with Gasteiger partial charge in [-0.3, -0.25) is 9.59 Å². The van der Waals surface area contributed by atoms with Gasteiger partial charge in [0, 0.05) is 11.1 Å². The fraction of sp³-hybridized carbons (Fsp3) is 0.417. The highest BCUT2D eigenvalue weighted by atomic mass is 79.9. The van der Waals surface area contributed by atoms with Crippen LogP contribution in [-0.2, 0) is 0 Å². The number of quaternary nitrogens is 2. The number of nitrogens with zero attached hydrogens (tertiary/aromatic N) is 2. The second-order valence-electron chi connectivity index (χ2n) is 9.08. The molecule has 0 radical (unpaired) electrons. The number of aliphatic hydroxyl groups excluding tert-OH is 2. The lowest BCUT2D eigenvalue weighted by atomic mass is 10.00. The van der Waals surface area contributed by atoms with Gasteiger partial charge in [0.2, 0.25) is 11.6 Å². The fourth-order valence-corrected chi connectivity index (χ4v) is 3.36.